The fourth-order valence-corrected chi connectivity index (χ4v) is 1.98. The predicted octanol–water partition coefficient (Wildman–Crippen LogP) is 2.14. The average molecular weight is 291 g/mol. The molecule has 0 heterocycles. The summed E-state index contributed by atoms with van der Waals surface area (Å²) in [4.78, 5) is 11.7. The van der Waals surface area contributed by atoms with E-state index in [-0.39, 0.29) is 18.6 Å². The van der Waals surface area contributed by atoms with E-state index >= 15 is 0 Å². The monoisotopic (exact) mass is 290 g/mol. The molecule has 18 heavy (non-hydrogen) atoms. The lowest BCUT2D eigenvalue weighted by Gasteiger charge is -2.18. The maximum Gasteiger partial charge on any atom is 0.239 e. The second kappa shape index (κ2) is 6.95. The summed E-state index contributed by atoms with van der Waals surface area (Å²) < 4.78 is 4.82. The highest BCUT2D eigenvalue weighted by molar-refractivity contribution is 6.42. The minimum absolute atomic E-state index is 0.168. The number of carbonyl (C=O) groups excluding carboxylic acids is 1. The van der Waals surface area contributed by atoms with Gasteiger partial charge in [-0.25, -0.2) is 0 Å². The highest BCUT2D eigenvalue weighted by atomic mass is 35.5. The zero-order valence-corrected chi connectivity index (χ0v) is 11.8. The highest BCUT2D eigenvalue weighted by Gasteiger charge is 2.18. The number of benzene rings is 1. The van der Waals surface area contributed by atoms with Crippen molar-refractivity contribution in [2.24, 2.45) is 5.73 Å². The Morgan fingerprint density at radius 2 is 2.17 bits per heavy atom. The minimum Gasteiger partial charge on any atom is -0.383 e. The van der Waals surface area contributed by atoms with Crippen molar-refractivity contribution in [3.8, 4) is 0 Å². The smallest absolute Gasteiger partial charge is 0.239 e. The van der Waals surface area contributed by atoms with E-state index in [0.29, 0.717) is 10.0 Å². The van der Waals surface area contributed by atoms with Gasteiger partial charge in [0.25, 0.3) is 0 Å². The first-order valence-electron chi connectivity index (χ1n) is 5.46. The molecule has 3 N–H and O–H groups in total. The predicted molar refractivity (Wildman–Crippen MR) is 72.9 cm³/mol. The number of carbonyl (C=O) groups is 1. The zero-order chi connectivity index (χ0) is 13.7. The maximum absolute atomic E-state index is 11.7. The van der Waals surface area contributed by atoms with Gasteiger partial charge in [0, 0.05) is 7.11 Å². The largest absolute Gasteiger partial charge is 0.383 e. The molecule has 100 valence electrons. The van der Waals surface area contributed by atoms with Gasteiger partial charge >= 0.3 is 0 Å². The van der Waals surface area contributed by atoms with E-state index in [9.17, 15) is 4.79 Å². The van der Waals surface area contributed by atoms with Crippen LogP contribution in [0.4, 0.5) is 0 Å². The van der Waals surface area contributed by atoms with Crippen LogP contribution in [0.1, 0.15) is 18.5 Å². The van der Waals surface area contributed by atoms with Crippen molar-refractivity contribution >= 4 is 29.1 Å². The maximum atomic E-state index is 11.7. The molecule has 2 unspecified atom stereocenters. The van der Waals surface area contributed by atoms with E-state index in [2.05, 4.69) is 5.32 Å². The molecule has 2 atom stereocenters. The Morgan fingerprint density at radius 1 is 1.50 bits per heavy atom. The Balaban J connectivity index is 2.73. The number of amides is 1. The first kappa shape index (κ1) is 15.2. The van der Waals surface area contributed by atoms with Crippen LogP contribution in [-0.4, -0.2) is 25.7 Å². The van der Waals surface area contributed by atoms with Gasteiger partial charge in [0.2, 0.25) is 5.91 Å². The third kappa shape index (κ3) is 3.85. The van der Waals surface area contributed by atoms with Crippen LogP contribution in [-0.2, 0) is 9.53 Å². The first-order valence-corrected chi connectivity index (χ1v) is 6.21. The van der Waals surface area contributed by atoms with Crippen LogP contribution < -0.4 is 11.1 Å². The SMILES string of the molecule is COCC(N)C(=O)NC(C)c1cccc(Cl)c1Cl. The van der Waals surface area contributed by atoms with Gasteiger partial charge in [0.15, 0.2) is 0 Å². The molecule has 1 rings (SSSR count). The second-order valence-electron chi connectivity index (χ2n) is 3.94. The van der Waals surface area contributed by atoms with Crippen molar-refractivity contribution in [1.29, 1.82) is 0 Å². The summed E-state index contributed by atoms with van der Waals surface area (Å²) >= 11 is 12.0. The normalized spacial score (nSPS) is 14.1. The number of nitrogens with one attached hydrogen (secondary N) is 1. The van der Waals surface area contributed by atoms with Crippen molar-refractivity contribution in [2.45, 2.75) is 19.0 Å². The Morgan fingerprint density at radius 3 is 2.78 bits per heavy atom. The summed E-state index contributed by atoms with van der Waals surface area (Å²) in [6.07, 6.45) is 0. The molecular formula is C12H16Cl2N2O2. The van der Waals surface area contributed by atoms with Crippen LogP contribution in [0.15, 0.2) is 18.2 Å². The van der Waals surface area contributed by atoms with Crippen LogP contribution in [0.5, 0.6) is 0 Å². The minimum atomic E-state index is -0.699. The summed E-state index contributed by atoms with van der Waals surface area (Å²) in [5.74, 6) is -0.291. The van der Waals surface area contributed by atoms with Crippen molar-refractivity contribution < 1.29 is 9.53 Å². The van der Waals surface area contributed by atoms with Gasteiger partial charge < -0.3 is 15.8 Å². The Hall–Kier alpha value is -0.810. The van der Waals surface area contributed by atoms with Crippen LogP contribution in [0.25, 0.3) is 0 Å². The van der Waals surface area contributed by atoms with Crippen molar-refractivity contribution in [3.63, 3.8) is 0 Å². The molecule has 0 aromatic heterocycles. The van der Waals surface area contributed by atoms with E-state index in [1.807, 2.05) is 6.92 Å². The van der Waals surface area contributed by atoms with E-state index in [0.717, 1.165) is 5.56 Å². The summed E-state index contributed by atoms with van der Waals surface area (Å²) in [7, 11) is 1.49. The van der Waals surface area contributed by atoms with Gasteiger partial charge in [-0.2, -0.15) is 0 Å². The lowest BCUT2D eigenvalue weighted by molar-refractivity contribution is -0.124. The standard InChI is InChI=1S/C12H16Cl2N2O2/c1-7(16-12(17)10(15)6-18-2)8-4-3-5-9(13)11(8)14/h3-5,7,10H,6,15H2,1-2H3,(H,16,17). The molecule has 4 nitrogen and oxygen atoms in total. The van der Waals surface area contributed by atoms with Gasteiger partial charge in [-0.3, -0.25) is 4.79 Å². The van der Waals surface area contributed by atoms with E-state index in [1.165, 1.54) is 7.11 Å². The molecule has 0 aliphatic rings. The fourth-order valence-electron chi connectivity index (χ4n) is 1.51. The van der Waals surface area contributed by atoms with Crippen LogP contribution in [0.3, 0.4) is 0 Å². The van der Waals surface area contributed by atoms with Crippen LogP contribution >= 0.6 is 23.2 Å². The molecule has 0 bridgehead atoms. The molecule has 1 aromatic carbocycles. The molecule has 1 amide bonds. The van der Waals surface area contributed by atoms with Crippen LogP contribution in [0, 0.1) is 0 Å². The van der Waals surface area contributed by atoms with Gasteiger partial charge in [-0.05, 0) is 18.6 Å². The number of methoxy groups -OCH3 is 1. The number of hydrogen-bond acceptors (Lipinski definition) is 3. The molecule has 0 fully saturated rings. The van der Waals surface area contributed by atoms with Gasteiger partial charge in [-0.15, -0.1) is 0 Å². The molecule has 0 saturated carbocycles. The Labute approximate surface area is 116 Å². The van der Waals surface area contributed by atoms with Gasteiger partial charge in [0.1, 0.15) is 6.04 Å². The topological polar surface area (TPSA) is 64.3 Å². The molecular weight excluding hydrogens is 275 g/mol. The van der Waals surface area contributed by atoms with Crippen molar-refractivity contribution in [3.05, 3.63) is 33.8 Å². The number of rotatable bonds is 5. The first-order chi connectivity index (χ1) is 8.47. The average Bonchev–Trinajstić information content (AvgIpc) is 2.32. The molecule has 0 radical (unpaired) electrons. The number of hydrogen-bond donors (Lipinski definition) is 2. The third-order valence-corrected chi connectivity index (χ3v) is 3.32. The highest BCUT2D eigenvalue weighted by Crippen LogP contribution is 2.29. The number of halogens is 2. The fraction of sp³-hybridized carbons (Fsp3) is 0.417. The van der Waals surface area contributed by atoms with Gasteiger partial charge in [-0.1, -0.05) is 35.3 Å². The Kier molecular flexibility index (Phi) is 5.88. The molecule has 0 saturated heterocycles. The van der Waals surface area contributed by atoms with E-state index in [1.54, 1.807) is 18.2 Å². The molecule has 6 heteroatoms. The number of nitrogens with two attached hydrogens (primary N) is 1. The lowest BCUT2D eigenvalue weighted by Crippen LogP contribution is -2.44. The van der Waals surface area contributed by atoms with Crippen LogP contribution in [0.2, 0.25) is 10.0 Å². The summed E-state index contributed by atoms with van der Waals surface area (Å²) in [5, 5.41) is 3.65. The zero-order valence-electron chi connectivity index (χ0n) is 10.2. The summed E-state index contributed by atoms with van der Waals surface area (Å²) in [6, 6.07) is 4.31. The molecule has 0 aliphatic carbocycles. The van der Waals surface area contributed by atoms with E-state index in [4.69, 9.17) is 33.7 Å². The molecule has 0 aliphatic heterocycles. The van der Waals surface area contributed by atoms with E-state index < -0.39 is 6.04 Å². The quantitative estimate of drug-likeness (QED) is 0.873. The molecule has 1 aromatic rings. The van der Waals surface area contributed by atoms with Gasteiger partial charge in [0.05, 0.1) is 22.7 Å². The summed E-state index contributed by atoms with van der Waals surface area (Å²) in [6.45, 7) is 1.98. The third-order valence-electron chi connectivity index (χ3n) is 2.49. The summed E-state index contributed by atoms with van der Waals surface area (Å²) in [5.41, 5.74) is 6.38. The van der Waals surface area contributed by atoms with Crippen molar-refractivity contribution in [1.82, 2.24) is 5.32 Å². The second-order valence-corrected chi connectivity index (χ2v) is 4.72. The van der Waals surface area contributed by atoms with Crippen molar-refractivity contribution in [2.75, 3.05) is 13.7 Å². The molecule has 0 spiro atoms. The Bertz CT molecular complexity index is 427. The number of ether oxygens (including phenoxy) is 1. The lowest BCUT2D eigenvalue weighted by atomic mass is 10.1.